The van der Waals surface area contributed by atoms with Crippen LogP contribution >= 0.6 is 0 Å². The molecule has 3 atom stereocenters. The molecule has 2 N–H and O–H groups in total. The largest absolute Gasteiger partial charge is 0.488 e. The average Bonchev–Trinajstić information content (AvgIpc) is 3.01. The first-order valence-corrected chi connectivity index (χ1v) is 8.87. The van der Waals surface area contributed by atoms with Gasteiger partial charge in [0.15, 0.2) is 0 Å². The van der Waals surface area contributed by atoms with Crippen LogP contribution in [-0.2, 0) is 11.2 Å². The van der Waals surface area contributed by atoms with Gasteiger partial charge in [-0.2, -0.15) is 0 Å². The summed E-state index contributed by atoms with van der Waals surface area (Å²) in [7, 11) is 0. The topological polar surface area (TPSA) is 71.5 Å². The van der Waals surface area contributed by atoms with Gasteiger partial charge in [-0.25, -0.2) is 4.39 Å². The van der Waals surface area contributed by atoms with Gasteiger partial charge in [0.1, 0.15) is 17.7 Å². The lowest BCUT2D eigenvalue weighted by Crippen LogP contribution is -2.37. The van der Waals surface area contributed by atoms with Crippen LogP contribution in [0, 0.1) is 11.7 Å². The van der Waals surface area contributed by atoms with Crippen molar-refractivity contribution in [3.05, 3.63) is 60.2 Å². The first kappa shape index (κ1) is 18.3. The molecule has 1 fully saturated rings. The van der Waals surface area contributed by atoms with Crippen LogP contribution in [0.25, 0.3) is 0 Å². The lowest BCUT2D eigenvalue weighted by molar-refractivity contribution is -0.121. The fourth-order valence-corrected chi connectivity index (χ4v) is 3.20. The third-order valence-electron chi connectivity index (χ3n) is 4.71. The van der Waals surface area contributed by atoms with Crippen LogP contribution < -0.4 is 10.1 Å². The molecule has 0 aliphatic heterocycles. The van der Waals surface area contributed by atoms with E-state index in [0.29, 0.717) is 31.6 Å². The number of halogens is 1. The van der Waals surface area contributed by atoms with Gasteiger partial charge >= 0.3 is 0 Å². The molecule has 5 nitrogen and oxygen atoms in total. The molecule has 26 heavy (non-hydrogen) atoms. The number of ether oxygens (including phenoxy) is 1. The summed E-state index contributed by atoms with van der Waals surface area (Å²) in [6.07, 6.45) is 4.98. The number of aliphatic hydroxyl groups is 1. The molecule has 138 valence electrons. The van der Waals surface area contributed by atoms with Crippen molar-refractivity contribution in [1.82, 2.24) is 10.3 Å². The van der Waals surface area contributed by atoms with Crippen LogP contribution in [0.4, 0.5) is 4.39 Å². The summed E-state index contributed by atoms with van der Waals surface area (Å²) in [5.74, 6) is 0.138. The van der Waals surface area contributed by atoms with E-state index in [1.807, 2.05) is 12.1 Å². The summed E-state index contributed by atoms with van der Waals surface area (Å²) < 4.78 is 18.7. The fourth-order valence-electron chi connectivity index (χ4n) is 3.20. The van der Waals surface area contributed by atoms with Crippen molar-refractivity contribution in [2.75, 3.05) is 6.54 Å². The second kappa shape index (κ2) is 8.76. The van der Waals surface area contributed by atoms with Crippen LogP contribution in [-0.4, -0.2) is 34.8 Å². The highest BCUT2D eigenvalue weighted by Crippen LogP contribution is 2.29. The third-order valence-corrected chi connectivity index (χ3v) is 4.71. The number of nitrogens with one attached hydrogen (secondary N) is 1. The number of benzene rings is 1. The number of aromatic nitrogens is 1. The fraction of sp³-hybridized carbons (Fsp3) is 0.400. The van der Waals surface area contributed by atoms with Crippen LogP contribution in [0.2, 0.25) is 0 Å². The third kappa shape index (κ3) is 5.02. The number of rotatable bonds is 7. The molecule has 0 unspecified atom stereocenters. The van der Waals surface area contributed by atoms with Crippen LogP contribution in [0.3, 0.4) is 0 Å². The van der Waals surface area contributed by atoms with E-state index in [-0.39, 0.29) is 23.7 Å². The maximum absolute atomic E-state index is 12.9. The lowest BCUT2D eigenvalue weighted by Gasteiger charge is -2.21. The van der Waals surface area contributed by atoms with E-state index in [4.69, 9.17) is 4.74 Å². The highest BCUT2D eigenvalue weighted by Gasteiger charge is 2.36. The van der Waals surface area contributed by atoms with Crippen molar-refractivity contribution in [3.8, 4) is 5.75 Å². The Kier molecular flexibility index (Phi) is 6.17. The van der Waals surface area contributed by atoms with Crippen molar-refractivity contribution < 1.29 is 19.0 Å². The zero-order valence-electron chi connectivity index (χ0n) is 14.5. The second-order valence-corrected chi connectivity index (χ2v) is 6.60. The van der Waals surface area contributed by atoms with Gasteiger partial charge in [-0.3, -0.25) is 9.78 Å². The Hall–Kier alpha value is -2.47. The van der Waals surface area contributed by atoms with Crippen LogP contribution in [0.15, 0.2) is 48.8 Å². The van der Waals surface area contributed by atoms with E-state index < -0.39 is 6.10 Å². The molecule has 0 saturated heterocycles. The summed E-state index contributed by atoms with van der Waals surface area (Å²) in [5.41, 5.74) is 1.02. The van der Waals surface area contributed by atoms with E-state index in [2.05, 4.69) is 10.3 Å². The number of hydrogen-bond donors (Lipinski definition) is 2. The Morgan fingerprint density at radius 2 is 2.08 bits per heavy atom. The number of hydrogen-bond acceptors (Lipinski definition) is 4. The van der Waals surface area contributed by atoms with Gasteiger partial charge in [-0.05, 0) is 55.2 Å². The molecule has 1 aromatic heterocycles. The maximum atomic E-state index is 12.9. The minimum Gasteiger partial charge on any atom is -0.488 e. The van der Waals surface area contributed by atoms with Gasteiger partial charge in [-0.1, -0.05) is 6.07 Å². The SMILES string of the molecule is O=C(CCc1cccnc1)NC[C@H]1CC[C@@H](Oc2ccc(F)cc2)[C@@H]1O. The van der Waals surface area contributed by atoms with Gasteiger partial charge in [-0.15, -0.1) is 0 Å². The predicted molar refractivity (Wildman–Crippen MR) is 95.1 cm³/mol. The Bertz CT molecular complexity index is 709. The second-order valence-electron chi connectivity index (χ2n) is 6.60. The molecular formula is C20H23FN2O3. The van der Waals surface area contributed by atoms with Crippen LogP contribution in [0.1, 0.15) is 24.8 Å². The Balaban J connectivity index is 1.41. The van der Waals surface area contributed by atoms with Gasteiger partial charge in [0.25, 0.3) is 0 Å². The van der Waals surface area contributed by atoms with Gasteiger partial charge in [0.05, 0.1) is 6.10 Å². The van der Waals surface area contributed by atoms with E-state index in [0.717, 1.165) is 12.0 Å². The monoisotopic (exact) mass is 358 g/mol. The number of carbonyl (C=O) groups is 1. The summed E-state index contributed by atoms with van der Waals surface area (Å²) in [5, 5.41) is 13.3. The molecule has 0 radical (unpaired) electrons. The number of nitrogens with zero attached hydrogens (tertiary/aromatic N) is 1. The number of amides is 1. The highest BCUT2D eigenvalue weighted by atomic mass is 19.1. The molecule has 6 heteroatoms. The highest BCUT2D eigenvalue weighted by molar-refractivity contribution is 5.76. The molecular weight excluding hydrogens is 335 g/mol. The number of pyridine rings is 1. The van der Waals surface area contributed by atoms with Crippen molar-refractivity contribution in [3.63, 3.8) is 0 Å². The summed E-state index contributed by atoms with van der Waals surface area (Å²) in [4.78, 5) is 16.0. The molecule has 1 aromatic carbocycles. The molecule has 1 aliphatic rings. The first-order chi connectivity index (χ1) is 12.6. The quantitative estimate of drug-likeness (QED) is 0.798. The molecule has 1 aliphatic carbocycles. The van der Waals surface area contributed by atoms with Gasteiger partial charge in [0, 0.05) is 31.3 Å². The lowest BCUT2D eigenvalue weighted by atomic mass is 10.1. The van der Waals surface area contributed by atoms with E-state index >= 15 is 0 Å². The Morgan fingerprint density at radius 3 is 2.81 bits per heavy atom. The van der Waals surface area contributed by atoms with E-state index in [9.17, 15) is 14.3 Å². The summed E-state index contributed by atoms with van der Waals surface area (Å²) in [6.45, 7) is 0.427. The first-order valence-electron chi connectivity index (χ1n) is 8.87. The Morgan fingerprint density at radius 1 is 1.27 bits per heavy atom. The van der Waals surface area contributed by atoms with Crippen molar-refractivity contribution in [2.45, 2.75) is 37.9 Å². The molecule has 3 rings (SSSR count). The van der Waals surface area contributed by atoms with Crippen LogP contribution in [0.5, 0.6) is 5.75 Å². The minimum atomic E-state index is -0.654. The molecule has 1 saturated carbocycles. The predicted octanol–water partition coefficient (Wildman–Crippen LogP) is 2.49. The number of aliphatic hydroxyl groups excluding tert-OH is 1. The molecule has 1 heterocycles. The average molecular weight is 358 g/mol. The molecule has 0 spiro atoms. The van der Waals surface area contributed by atoms with Crippen molar-refractivity contribution in [2.24, 2.45) is 5.92 Å². The number of carbonyl (C=O) groups excluding carboxylic acids is 1. The Labute approximate surface area is 152 Å². The maximum Gasteiger partial charge on any atom is 0.220 e. The number of aryl methyl sites for hydroxylation is 1. The molecule has 2 aromatic rings. The summed E-state index contributed by atoms with van der Waals surface area (Å²) in [6, 6.07) is 9.56. The zero-order valence-corrected chi connectivity index (χ0v) is 14.5. The summed E-state index contributed by atoms with van der Waals surface area (Å²) >= 11 is 0. The zero-order chi connectivity index (χ0) is 18.4. The van der Waals surface area contributed by atoms with E-state index in [1.54, 1.807) is 24.5 Å². The van der Waals surface area contributed by atoms with E-state index in [1.165, 1.54) is 12.1 Å². The standard InChI is InChI=1S/C20H23FN2O3/c21-16-5-7-17(8-6-16)26-18-9-4-15(20(18)25)13-23-19(24)10-3-14-2-1-11-22-12-14/h1-2,5-8,11-12,15,18,20,25H,3-4,9-10,13H2,(H,23,24)/t15-,18-,20-/m1/s1. The smallest absolute Gasteiger partial charge is 0.220 e. The molecule has 0 bridgehead atoms. The van der Waals surface area contributed by atoms with Crippen molar-refractivity contribution >= 4 is 5.91 Å². The minimum absolute atomic E-state index is 0.0380. The molecule has 1 amide bonds. The van der Waals surface area contributed by atoms with Gasteiger partial charge < -0.3 is 15.2 Å². The van der Waals surface area contributed by atoms with Gasteiger partial charge in [0.2, 0.25) is 5.91 Å². The normalized spacial score (nSPS) is 22.2. The van der Waals surface area contributed by atoms with Crippen molar-refractivity contribution in [1.29, 1.82) is 0 Å².